The Labute approximate surface area is 114 Å². The van der Waals surface area contributed by atoms with E-state index in [1.165, 1.54) is 0 Å². The second kappa shape index (κ2) is 5.23. The van der Waals surface area contributed by atoms with Crippen LogP contribution in [0.25, 0.3) is 0 Å². The number of nitrogens with zero attached hydrogens (tertiary/aromatic N) is 2. The number of alkyl halides is 1. The van der Waals surface area contributed by atoms with Gasteiger partial charge in [0.2, 0.25) is 10.0 Å². The second-order valence-electron chi connectivity index (χ2n) is 4.73. The molecule has 6 heteroatoms. The number of sulfonamides is 1. The molecule has 0 aromatic carbocycles. The summed E-state index contributed by atoms with van der Waals surface area (Å²) in [6.45, 7) is 2.67. The van der Waals surface area contributed by atoms with Crippen LogP contribution in [0.5, 0.6) is 0 Å². The molecule has 1 aliphatic rings. The maximum atomic E-state index is 12.6. The lowest BCUT2D eigenvalue weighted by Crippen LogP contribution is -2.34. The summed E-state index contributed by atoms with van der Waals surface area (Å²) in [5, 5.41) is 0. The third-order valence-electron chi connectivity index (χ3n) is 3.62. The van der Waals surface area contributed by atoms with E-state index < -0.39 is 10.0 Å². The molecule has 0 N–H and O–H groups in total. The molecule has 1 aromatic rings. The zero-order valence-corrected chi connectivity index (χ0v) is 12.3. The summed E-state index contributed by atoms with van der Waals surface area (Å²) in [5.41, 5.74) is 0.822. The average molecular weight is 291 g/mol. The van der Waals surface area contributed by atoms with Gasteiger partial charge in [-0.2, -0.15) is 4.31 Å². The van der Waals surface area contributed by atoms with Gasteiger partial charge in [-0.15, -0.1) is 11.6 Å². The van der Waals surface area contributed by atoms with E-state index in [1.807, 2.05) is 14.0 Å². The van der Waals surface area contributed by atoms with Crippen LogP contribution in [0.1, 0.15) is 31.9 Å². The third kappa shape index (κ3) is 2.31. The highest BCUT2D eigenvalue weighted by Gasteiger charge is 2.34. The Hall–Kier alpha value is -0.520. The maximum absolute atomic E-state index is 12.6. The first-order valence-electron chi connectivity index (χ1n) is 6.23. The van der Waals surface area contributed by atoms with Gasteiger partial charge in [0.15, 0.2) is 0 Å². The average Bonchev–Trinajstić information content (AvgIpc) is 2.94. The van der Waals surface area contributed by atoms with Gasteiger partial charge >= 0.3 is 0 Å². The first-order chi connectivity index (χ1) is 8.50. The Morgan fingerprint density at radius 2 is 2.22 bits per heavy atom. The predicted octanol–water partition coefficient (Wildman–Crippen LogP) is 2.33. The van der Waals surface area contributed by atoms with Crippen LogP contribution in [0.15, 0.2) is 17.2 Å². The minimum Gasteiger partial charge on any atom is -0.352 e. The molecule has 0 radical (unpaired) electrons. The lowest BCUT2D eigenvalue weighted by molar-refractivity contribution is 0.379. The quantitative estimate of drug-likeness (QED) is 0.799. The van der Waals surface area contributed by atoms with Crippen molar-refractivity contribution in [1.29, 1.82) is 0 Å². The third-order valence-corrected chi connectivity index (χ3v) is 5.81. The molecule has 1 saturated heterocycles. The van der Waals surface area contributed by atoms with E-state index in [4.69, 9.17) is 11.6 Å². The van der Waals surface area contributed by atoms with Crippen molar-refractivity contribution in [1.82, 2.24) is 8.87 Å². The molecule has 0 bridgehead atoms. The molecule has 1 atom stereocenters. The molecule has 18 heavy (non-hydrogen) atoms. The van der Waals surface area contributed by atoms with Crippen LogP contribution in [0.4, 0.5) is 0 Å². The molecular weight excluding hydrogens is 272 g/mol. The van der Waals surface area contributed by atoms with Crippen molar-refractivity contribution in [3.63, 3.8) is 0 Å². The summed E-state index contributed by atoms with van der Waals surface area (Å²) in [4.78, 5) is 0.362. The van der Waals surface area contributed by atoms with E-state index in [-0.39, 0.29) is 6.04 Å². The van der Waals surface area contributed by atoms with Gasteiger partial charge in [-0.25, -0.2) is 8.42 Å². The molecule has 2 rings (SSSR count). The van der Waals surface area contributed by atoms with Gasteiger partial charge in [-0.1, -0.05) is 6.92 Å². The summed E-state index contributed by atoms with van der Waals surface area (Å²) in [7, 11) is -1.54. The van der Waals surface area contributed by atoms with E-state index in [0.717, 1.165) is 25.0 Å². The first kappa shape index (κ1) is 13.9. The fraction of sp³-hybridized carbons (Fsp3) is 0.667. The van der Waals surface area contributed by atoms with Crippen LogP contribution in [-0.2, 0) is 23.0 Å². The smallest absolute Gasteiger partial charge is 0.244 e. The van der Waals surface area contributed by atoms with Crippen LogP contribution < -0.4 is 0 Å². The van der Waals surface area contributed by atoms with Crippen LogP contribution in [0.3, 0.4) is 0 Å². The van der Waals surface area contributed by atoms with Gasteiger partial charge in [-0.3, -0.25) is 0 Å². The normalized spacial score (nSPS) is 21.6. The Kier molecular flexibility index (Phi) is 4.04. The summed E-state index contributed by atoms with van der Waals surface area (Å²) in [5.74, 6) is 0.323. The van der Waals surface area contributed by atoms with E-state index in [9.17, 15) is 8.42 Å². The lowest BCUT2D eigenvalue weighted by atomic mass is 10.2. The molecule has 0 spiro atoms. The Bertz CT molecular complexity index is 524. The fourth-order valence-electron chi connectivity index (χ4n) is 2.52. The van der Waals surface area contributed by atoms with Crippen molar-refractivity contribution in [2.24, 2.45) is 7.05 Å². The predicted molar refractivity (Wildman–Crippen MR) is 72.2 cm³/mol. The van der Waals surface area contributed by atoms with E-state index >= 15 is 0 Å². The zero-order chi connectivity index (χ0) is 13.3. The van der Waals surface area contributed by atoms with Crippen LogP contribution in [0, 0.1) is 0 Å². The van der Waals surface area contributed by atoms with Crippen molar-refractivity contribution in [2.45, 2.75) is 43.0 Å². The molecule has 1 aromatic heterocycles. The Morgan fingerprint density at radius 3 is 2.78 bits per heavy atom. The monoisotopic (exact) mass is 290 g/mol. The number of aromatic nitrogens is 1. The van der Waals surface area contributed by atoms with Crippen LogP contribution >= 0.6 is 11.6 Å². The fourth-order valence-corrected chi connectivity index (χ4v) is 4.65. The van der Waals surface area contributed by atoms with Gasteiger partial charge in [0, 0.05) is 31.5 Å². The standard InChI is InChI=1S/C12H19ClN2O2S/c1-3-10-5-4-6-15(10)18(16,17)12-7-11(8-13)14(2)9-12/h7,9-10H,3-6,8H2,1-2H3. The van der Waals surface area contributed by atoms with Crippen LogP contribution in [-0.4, -0.2) is 29.9 Å². The van der Waals surface area contributed by atoms with Gasteiger partial charge in [-0.05, 0) is 25.3 Å². The summed E-state index contributed by atoms with van der Waals surface area (Å²) < 4.78 is 28.5. The van der Waals surface area contributed by atoms with Crippen molar-refractivity contribution in [2.75, 3.05) is 6.54 Å². The molecule has 102 valence electrons. The molecule has 1 fully saturated rings. The Morgan fingerprint density at radius 1 is 1.50 bits per heavy atom. The van der Waals surface area contributed by atoms with Gasteiger partial charge in [0.25, 0.3) is 0 Å². The van der Waals surface area contributed by atoms with E-state index in [1.54, 1.807) is 21.1 Å². The molecule has 0 aliphatic carbocycles. The van der Waals surface area contributed by atoms with Crippen LogP contribution in [0.2, 0.25) is 0 Å². The van der Waals surface area contributed by atoms with Crippen molar-refractivity contribution in [3.05, 3.63) is 18.0 Å². The van der Waals surface area contributed by atoms with Gasteiger partial charge < -0.3 is 4.57 Å². The SMILES string of the molecule is CCC1CCCN1S(=O)(=O)c1cc(CCl)n(C)c1. The second-order valence-corrected chi connectivity index (χ2v) is 6.89. The highest BCUT2D eigenvalue weighted by Crippen LogP contribution is 2.28. The van der Waals surface area contributed by atoms with E-state index in [0.29, 0.717) is 17.3 Å². The Balaban J connectivity index is 2.35. The maximum Gasteiger partial charge on any atom is 0.244 e. The number of halogens is 1. The minimum absolute atomic E-state index is 0.148. The highest BCUT2D eigenvalue weighted by molar-refractivity contribution is 7.89. The van der Waals surface area contributed by atoms with Crippen molar-refractivity contribution >= 4 is 21.6 Å². The van der Waals surface area contributed by atoms with E-state index in [2.05, 4.69) is 0 Å². The van der Waals surface area contributed by atoms with Gasteiger partial charge in [0.05, 0.1) is 5.88 Å². The summed E-state index contributed by atoms with van der Waals surface area (Å²) >= 11 is 5.78. The number of hydrogen-bond acceptors (Lipinski definition) is 2. The minimum atomic E-state index is -3.36. The first-order valence-corrected chi connectivity index (χ1v) is 8.21. The van der Waals surface area contributed by atoms with Crippen molar-refractivity contribution in [3.8, 4) is 0 Å². The number of rotatable bonds is 4. The molecule has 2 heterocycles. The molecular formula is C12H19ClN2O2S. The summed E-state index contributed by atoms with van der Waals surface area (Å²) in [6, 6.07) is 1.82. The largest absolute Gasteiger partial charge is 0.352 e. The number of hydrogen-bond donors (Lipinski definition) is 0. The highest BCUT2D eigenvalue weighted by atomic mass is 35.5. The molecule has 0 saturated carbocycles. The van der Waals surface area contributed by atoms with Gasteiger partial charge in [0.1, 0.15) is 4.90 Å². The number of aryl methyl sites for hydroxylation is 1. The topological polar surface area (TPSA) is 42.3 Å². The lowest BCUT2D eigenvalue weighted by Gasteiger charge is -2.22. The molecule has 1 aliphatic heterocycles. The zero-order valence-electron chi connectivity index (χ0n) is 10.8. The van der Waals surface area contributed by atoms with Crippen molar-refractivity contribution < 1.29 is 8.42 Å². The molecule has 0 amide bonds. The summed E-state index contributed by atoms with van der Waals surface area (Å²) in [6.07, 6.45) is 4.43. The molecule has 1 unspecified atom stereocenters. The molecule has 4 nitrogen and oxygen atoms in total.